The molecule has 140 valence electrons. The average molecular weight is 478 g/mol. The van der Waals surface area contributed by atoms with Crippen molar-refractivity contribution in [1.82, 2.24) is 15.2 Å². The summed E-state index contributed by atoms with van der Waals surface area (Å²) in [5, 5.41) is 7.43. The van der Waals surface area contributed by atoms with Gasteiger partial charge < -0.3 is 15.2 Å². The van der Waals surface area contributed by atoms with Crippen molar-refractivity contribution < 1.29 is 8.42 Å². The van der Waals surface area contributed by atoms with Gasteiger partial charge in [0, 0.05) is 44.1 Å². The Balaban J connectivity index is 0.00000312. The molecular weight excluding hydrogens is 451 g/mol. The Labute approximate surface area is 167 Å². The Morgan fingerprint density at radius 3 is 2.68 bits per heavy atom. The molecule has 2 aromatic rings. The van der Waals surface area contributed by atoms with Crippen molar-refractivity contribution >= 4 is 50.7 Å². The summed E-state index contributed by atoms with van der Waals surface area (Å²) in [4.78, 5) is 4.50. The van der Waals surface area contributed by atoms with Gasteiger partial charge in [-0.25, -0.2) is 8.42 Å². The summed E-state index contributed by atoms with van der Waals surface area (Å²) in [7, 11) is -2.96. The Hall–Kier alpha value is -1.29. The second-order valence-corrected chi connectivity index (χ2v) is 8.00. The smallest absolute Gasteiger partial charge is 0.191 e. The maximum atomic E-state index is 11.2. The first-order valence-electron chi connectivity index (χ1n) is 8.23. The van der Waals surface area contributed by atoms with Crippen LogP contribution in [0, 0.1) is 0 Å². The number of para-hydroxylation sites is 1. The first-order valence-corrected chi connectivity index (χ1v) is 10.3. The highest BCUT2D eigenvalue weighted by molar-refractivity contribution is 14.0. The summed E-state index contributed by atoms with van der Waals surface area (Å²) in [5.41, 5.74) is 1.24. The zero-order valence-corrected chi connectivity index (χ0v) is 17.9. The largest absolute Gasteiger partial charge is 0.357 e. The predicted molar refractivity (Wildman–Crippen MR) is 116 cm³/mol. The maximum Gasteiger partial charge on any atom is 0.191 e. The summed E-state index contributed by atoms with van der Waals surface area (Å²) < 4.78 is 24.6. The van der Waals surface area contributed by atoms with Gasteiger partial charge in [0.05, 0.1) is 5.75 Å². The molecule has 0 aliphatic heterocycles. The SMILES string of the molecule is CCNC(=NCCCn1ccc2ccccc21)NCCS(C)(=O)=O.I. The summed E-state index contributed by atoms with van der Waals surface area (Å²) in [6.45, 7) is 4.68. The highest BCUT2D eigenvalue weighted by Gasteiger charge is 2.03. The van der Waals surface area contributed by atoms with E-state index in [0.29, 0.717) is 19.0 Å². The van der Waals surface area contributed by atoms with Crippen LogP contribution in [-0.4, -0.2) is 50.6 Å². The molecule has 0 bridgehead atoms. The molecule has 0 aliphatic carbocycles. The predicted octanol–water partition coefficient (Wildman–Crippen LogP) is 2.25. The van der Waals surface area contributed by atoms with E-state index in [1.165, 1.54) is 17.2 Å². The average Bonchev–Trinajstić information content (AvgIpc) is 2.93. The van der Waals surface area contributed by atoms with Crippen molar-refractivity contribution in [1.29, 1.82) is 0 Å². The third-order valence-electron chi connectivity index (χ3n) is 3.62. The molecule has 0 saturated carbocycles. The van der Waals surface area contributed by atoms with Gasteiger partial charge in [-0.3, -0.25) is 4.99 Å². The minimum absolute atomic E-state index is 0. The van der Waals surface area contributed by atoms with Crippen LogP contribution in [0.3, 0.4) is 0 Å². The fourth-order valence-electron chi connectivity index (χ4n) is 2.46. The third kappa shape index (κ3) is 7.64. The number of rotatable bonds is 8. The van der Waals surface area contributed by atoms with Gasteiger partial charge in [-0.1, -0.05) is 18.2 Å². The number of guanidine groups is 1. The molecule has 0 fully saturated rings. The highest BCUT2D eigenvalue weighted by Crippen LogP contribution is 2.15. The van der Waals surface area contributed by atoms with Crippen LogP contribution in [0.25, 0.3) is 10.9 Å². The number of halogens is 1. The van der Waals surface area contributed by atoms with Crippen molar-refractivity contribution in [2.75, 3.05) is 31.6 Å². The zero-order chi connectivity index (χ0) is 17.4. The Bertz CT molecular complexity index is 787. The molecule has 25 heavy (non-hydrogen) atoms. The quantitative estimate of drug-likeness (QED) is 0.264. The van der Waals surface area contributed by atoms with Crippen LogP contribution in [0.5, 0.6) is 0 Å². The van der Waals surface area contributed by atoms with Gasteiger partial charge >= 0.3 is 0 Å². The zero-order valence-electron chi connectivity index (χ0n) is 14.7. The lowest BCUT2D eigenvalue weighted by Gasteiger charge is -2.11. The number of aryl methyl sites for hydroxylation is 1. The molecule has 6 nitrogen and oxygen atoms in total. The van der Waals surface area contributed by atoms with E-state index >= 15 is 0 Å². The number of hydrogen-bond donors (Lipinski definition) is 2. The van der Waals surface area contributed by atoms with E-state index in [2.05, 4.69) is 44.6 Å². The van der Waals surface area contributed by atoms with Crippen molar-refractivity contribution in [2.24, 2.45) is 4.99 Å². The van der Waals surface area contributed by atoms with Crippen molar-refractivity contribution in [3.63, 3.8) is 0 Å². The summed E-state index contributed by atoms with van der Waals surface area (Å²) in [5.74, 6) is 0.769. The molecule has 8 heteroatoms. The van der Waals surface area contributed by atoms with Gasteiger partial charge in [0.1, 0.15) is 9.84 Å². The van der Waals surface area contributed by atoms with E-state index in [1.807, 2.05) is 19.1 Å². The first kappa shape index (κ1) is 21.8. The van der Waals surface area contributed by atoms with Crippen LogP contribution in [0.4, 0.5) is 0 Å². The van der Waals surface area contributed by atoms with Gasteiger partial charge in [0.25, 0.3) is 0 Å². The van der Waals surface area contributed by atoms with E-state index in [0.717, 1.165) is 19.5 Å². The van der Waals surface area contributed by atoms with E-state index < -0.39 is 9.84 Å². The standard InChI is InChI=1S/C17H26N4O2S.HI/c1-3-18-17(20-11-14-24(2,22)23)19-10-6-12-21-13-9-15-7-4-5-8-16(15)21;/h4-5,7-9,13H,3,6,10-12,14H2,1-2H3,(H2,18,19,20);1H. The molecule has 0 radical (unpaired) electrons. The Kier molecular flexibility index (Phi) is 9.26. The van der Waals surface area contributed by atoms with Crippen molar-refractivity contribution in [3.8, 4) is 0 Å². The van der Waals surface area contributed by atoms with E-state index in [4.69, 9.17) is 0 Å². The number of aromatic nitrogens is 1. The van der Waals surface area contributed by atoms with Crippen LogP contribution in [0.1, 0.15) is 13.3 Å². The lowest BCUT2D eigenvalue weighted by molar-refractivity contribution is 0.600. The number of fused-ring (bicyclic) bond motifs is 1. The second kappa shape index (κ2) is 10.6. The molecule has 0 spiro atoms. The summed E-state index contributed by atoms with van der Waals surface area (Å²) in [6, 6.07) is 10.4. The van der Waals surface area contributed by atoms with Crippen LogP contribution in [0.15, 0.2) is 41.5 Å². The van der Waals surface area contributed by atoms with Crippen LogP contribution >= 0.6 is 24.0 Å². The number of sulfone groups is 1. The van der Waals surface area contributed by atoms with Crippen LogP contribution < -0.4 is 10.6 Å². The third-order valence-corrected chi connectivity index (χ3v) is 4.56. The van der Waals surface area contributed by atoms with Gasteiger partial charge in [0.15, 0.2) is 5.96 Å². The normalized spacial score (nSPS) is 12.0. The molecule has 0 atom stereocenters. The first-order chi connectivity index (χ1) is 11.5. The minimum atomic E-state index is -2.96. The number of aliphatic imine (C=N–C) groups is 1. The fourth-order valence-corrected chi connectivity index (χ4v) is 2.94. The topological polar surface area (TPSA) is 75.5 Å². The molecule has 0 saturated heterocycles. The van der Waals surface area contributed by atoms with Gasteiger partial charge in [-0.05, 0) is 30.9 Å². The molecular formula is C17H27IN4O2S. The van der Waals surface area contributed by atoms with E-state index in [1.54, 1.807) is 0 Å². The van der Waals surface area contributed by atoms with Crippen LogP contribution in [-0.2, 0) is 16.4 Å². The lowest BCUT2D eigenvalue weighted by Crippen LogP contribution is -2.39. The van der Waals surface area contributed by atoms with Gasteiger partial charge in [-0.2, -0.15) is 0 Å². The molecule has 0 unspecified atom stereocenters. The molecule has 1 aromatic heterocycles. The molecule has 2 N–H and O–H groups in total. The molecule has 2 rings (SSSR count). The van der Waals surface area contributed by atoms with Gasteiger partial charge in [-0.15, -0.1) is 24.0 Å². The summed E-state index contributed by atoms with van der Waals surface area (Å²) >= 11 is 0. The molecule has 0 aliphatic rings. The monoisotopic (exact) mass is 478 g/mol. The number of hydrogen-bond acceptors (Lipinski definition) is 3. The lowest BCUT2D eigenvalue weighted by atomic mass is 10.2. The number of nitrogens with one attached hydrogen (secondary N) is 2. The van der Waals surface area contributed by atoms with Crippen LogP contribution in [0.2, 0.25) is 0 Å². The molecule has 1 aromatic carbocycles. The number of nitrogens with zero attached hydrogens (tertiary/aromatic N) is 2. The second-order valence-electron chi connectivity index (χ2n) is 5.74. The fraction of sp³-hybridized carbons (Fsp3) is 0.471. The Morgan fingerprint density at radius 1 is 1.20 bits per heavy atom. The van der Waals surface area contributed by atoms with Gasteiger partial charge in [0.2, 0.25) is 0 Å². The summed E-state index contributed by atoms with van der Waals surface area (Å²) in [6.07, 6.45) is 4.26. The maximum absolute atomic E-state index is 11.2. The highest BCUT2D eigenvalue weighted by atomic mass is 127. The molecule has 1 heterocycles. The number of benzene rings is 1. The van der Waals surface area contributed by atoms with Crippen molar-refractivity contribution in [2.45, 2.75) is 19.9 Å². The Morgan fingerprint density at radius 2 is 1.96 bits per heavy atom. The minimum Gasteiger partial charge on any atom is -0.357 e. The van der Waals surface area contributed by atoms with Crippen molar-refractivity contribution in [3.05, 3.63) is 36.5 Å². The molecule has 0 amide bonds. The van der Waals surface area contributed by atoms with E-state index in [-0.39, 0.29) is 29.7 Å². The van der Waals surface area contributed by atoms with E-state index in [9.17, 15) is 8.42 Å².